The van der Waals surface area contributed by atoms with Crippen molar-refractivity contribution in [1.82, 2.24) is 31.7 Å². The van der Waals surface area contributed by atoms with Crippen LogP contribution in [0.3, 0.4) is 0 Å². The van der Waals surface area contributed by atoms with Crippen LogP contribution in [-0.2, 0) is 49.3 Å². The molecular weight excluding hydrogens is 580 g/mol. The molecule has 16 nitrogen and oxygen atoms in total. The normalized spacial score (nSPS) is 12.4. The van der Waals surface area contributed by atoms with Gasteiger partial charge in [-0.05, 0) is 19.8 Å². The van der Waals surface area contributed by atoms with Gasteiger partial charge in [0.2, 0.25) is 11.8 Å². The summed E-state index contributed by atoms with van der Waals surface area (Å²) in [6.45, 7) is 3.92. The number of carbonyl (C=O) groups excluding carboxylic acids is 4. The van der Waals surface area contributed by atoms with Gasteiger partial charge in [-0.2, -0.15) is 0 Å². The van der Waals surface area contributed by atoms with Crippen LogP contribution in [0.15, 0.2) is 12.5 Å². The second-order valence-corrected chi connectivity index (χ2v) is 9.77. The van der Waals surface area contributed by atoms with Gasteiger partial charge in [0, 0.05) is 50.3 Å². The van der Waals surface area contributed by atoms with Crippen LogP contribution < -0.4 is 21.7 Å². The van der Waals surface area contributed by atoms with Crippen LogP contribution in [-0.4, -0.2) is 130 Å². The number of carboxylic acids is 1. The molecule has 0 aliphatic rings. The van der Waals surface area contributed by atoms with Crippen molar-refractivity contribution >= 4 is 29.4 Å². The summed E-state index contributed by atoms with van der Waals surface area (Å²) < 4.78 is 20.9. The number of rotatable bonds is 29. The van der Waals surface area contributed by atoms with Crippen LogP contribution in [0.2, 0.25) is 0 Å². The van der Waals surface area contributed by atoms with Gasteiger partial charge in [-0.15, -0.1) is 0 Å². The summed E-state index contributed by atoms with van der Waals surface area (Å²) >= 11 is 0. The van der Waals surface area contributed by atoms with Crippen molar-refractivity contribution in [2.24, 2.45) is 5.92 Å². The lowest BCUT2D eigenvalue weighted by Gasteiger charge is -2.17. The summed E-state index contributed by atoms with van der Waals surface area (Å²) in [6, 6.07) is -1.05. The standard InChI is InChI=1S/C28H47N6O10/c1-2-41-9-11-43-19-27(38)33-7-8-42-10-12-44-18-26(37)32-6-4-3-5-21(25(36)16-30-17-28(39)40)13-24(35)23(29)14-22-15-31-20-34-22/h15,20-21,23,29-30H,2-14,16-19H2,1H3,(H,31,34)(H,32,37)(H,33,38)(H,39,40)/t21-,23+/m1/s1. The lowest BCUT2D eigenvalue weighted by Crippen LogP contribution is -2.35. The highest BCUT2D eigenvalue weighted by molar-refractivity contribution is 5.91. The van der Waals surface area contributed by atoms with E-state index in [0.29, 0.717) is 57.9 Å². The minimum atomic E-state index is -1.10. The van der Waals surface area contributed by atoms with E-state index in [2.05, 4.69) is 25.9 Å². The third kappa shape index (κ3) is 20.6. The number of aromatic nitrogens is 2. The van der Waals surface area contributed by atoms with E-state index in [1.54, 1.807) is 0 Å². The largest absolute Gasteiger partial charge is 0.480 e. The van der Waals surface area contributed by atoms with Gasteiger partial charge in [0.15, 0.2) is 5.78 Å². The summed E-state index contributed by atoms with van der Waals surface area (Å²) in [5.74, 6) is -2.99. The maximum atomic E-state index is 12.7. The van der Waals surface area contributed by atoms with Crippen molar-refractivity contribution in [3.8, 4) is 0 Å². The molecule has 2 atom stereocenters. The molecule has 0 aliphatic carbocycles. The van der Waals surface area contributed by atoms with Crippen LogP contribution in [0.1, 0.15) is 38.3 Å². The molecule has 1 aromatic heterocycles. The van der Waals surface area contributed by atoms with Crippen LogP contribution >= 0.6 is 0 Å². The lowest BCUT2D eigenvalue weighted by atomic mass is 9.89. The van der Waals surface area contributed by atoms with E-state index in [1.165, 1.54) is 12.5 Å². The molecule has 0 unspecified atom stereocenters. The summed E-state index contributed by atoms with van der Waals surface area (Å²) in [5, 5.41) is 16.7. The molecule has 0 aromatic carbocycles. The first kappa shape index (κ1) is 38.7. The summed E-state index contributed by atoms with van der Waals surface area (Å²) in [4.78, 5) is 66.4. The van der Waals surface area contributed by atoms with Gasteiger partial charge in [-0.25, -0.2) is 10.7 Å². The zero-order valence-corrected chi connectivity index (χ0v) is 25.4. The average molecular weight is 628 g/mol. The van der Waals surface area contributed by atoms with E-state index in [0.717, 1.165) is 0 Å². The van der Waals surface area contributed by atoms with Crippen molar-refractivity contribution in [3.63, 3.8) is 0 Å². The number of unbranched alkanes of at least 4 members (excludes halogenated alkanes) is 1. The van der Waals surface area contributed by atoms with Crippen LogP contribution in [0, 0.1) is 5.92 Å². The minimum absolute atomic E-state index is 0.0462. The number of carbonyl (C=O) groups is 5. The Bertz CT molecular complexity index is 963. The molecule has 1 radical (unpaired) electrons. The number of ether oxygens (including phenoxy) is 4. The van der Waals surface area contributed by atoms with Gasteiger partial charge in [-0.3, -0.25) is 24.0 Å². The Morgan fingerprint density at radius 1 is 0.886 bits per heavy atom. The van der Waals surface area contributed by atoms with E-state index in [1.807, 2.05) is 6.92 Å². The number of H-pyrrole nitrogens is 1. The van der Waals surface area contributed by atoms with Crippen LogP contribution in [0.5, 0.6) is 0 Å². The Balaban J connectivity index is 2.19. The fourth-order valence-corrected chi connectivity index (χ4v) is 3.85. The first-order valence-electron chi connectivity index (χ1n) is 14.7. The SMILES string of the molecule is CCOCCOCC(=O)NCCOCCOCC(=O)NCCCC[C@H](CC(=O)[C@@H]([NH])Cc1cnc[nH]1)C(=O)CNCC(=O)O. The van der Waals surface area contributed by atoms with Crippen LogP contribution in [0.4, 0.5) is 0 Å². The number of hydrogen-bond donors (Lipinski definition) is 5. The Kier molecular flexibility index (Phi) is 22.1. The molecule has 0 saturated heterocycles. The van der Waals surface area contributed by atoms with Crippen molar-refractivity contribution < 1.29 is 48.0 Å². The summed E-state index contributed by atoms with van der Waals surface area (Å²) in [6.07, 6.45) is 4.49. The number of amides is 2. The van der Waals surface area contributed by atoms with Gasteiger partial charge in [0.1, 0.15) is 19.0 Å². The molecule has 1 aromatic rings. The average Bonchev–Trinajstić information content (AvgIpc) is 3.50. The number of Topliss-reactive ketones (excluding diaryl/α,β-unsaturated/α-hetero) is 2. The molecule has 1 rings (SSSR count). The van der Waals surface area contributed by atoms with E-state index in [-0.39, 0.29) is 82.3 Å². The smallest absolute Gasteiger partial charge is 0.317 e. The molecule has 0 spiro atoms. The molecule has 249 valence electrons. The number of aromatic amines is 1. The first-order valence-corrected chi connectivity index (χ1v) is 14.7. The molecule has 1 heterocycles. The summed E-state index contributed by atoms with van der Waals surface area (Å²) in [7, 11) is 0. The van der Waals surface area contributed by atoms with E-state index < -0.39 is 17.9 Å². The highest BCUT2D eigenvalue weighted by Crippen LogP contribution is 2.16. The highest BCUT2D eigenvalue weighted by atomic mass is 16.5. The van der Waals surface area contributed by atoms with Gasteiger partial charge in [0.25, 0.3) is 0 Å². The van der Waals surface area contributed by atoms with E-state index >= 15 is 0 Å². The summed E-state index contributed by atoms with van der Waals surface area (Å²) in [5.41, 5.74) is 8.79. The molecule has 16 heteroatoms. The molecule has 0 bridgehead atoms. The zero-order valence-electron chi connectivity index (χ0n) is 25.4. The van der Waals surface area contributed by atoms with Gasteiger partial charge in [0.05, 0.1) is 58.5 Å². The highest BCUT2D eigenvalue weighted by Gasteiger charge is 2.25. The predicted molar refractivity (Wildman–Crippen MR) is 157 cm³/mol. The second kappa shape index (κ2) is 25.1. The van der Waals surface area contributed by atoms with Gasteiger partial charge < -0.3 is 45.0 Å². The third-order valence-electron chi connectivity index (χ3n) is 6.13. The number of nitrogens with zero attached hydrogens (tertiary/aromatic N) is 1. The maximum Gasteiger partial charge on any atom is 0.317 e. The number of aliphatic carboxylic acids is 1. The lowest BCUT2D eigenvalue weighted by molar-refractivity contribution is -0.136. The third-order valence-corrected chi connectivity index (χ3v) is 6.13. The number of carboxylic acid groups (broad SMARTS) is 1. The Morgan fingerprint density at radius 3 is 2.18 bits per heavy atom. The molecule has 6 N–H and O–H groups in total. The fourth-order valence-electron chi connectivity index (χ4n) is 3.85. The molecular formula is C28H47N6O10. The molecule has 0 aliphatic heterocycles. The second-order valence-electron chi connectivity index (χ2n) is 9.77. The Labute approximate surface area is 257 Å². The predicted octanol–water partition coefficient (Wildman–Crippen LogP) is -1.09. The zero-order chi connectivity index (χ0) is 32.4. The van der Waals surface area contributed by atoms with Crippen LogP contribution in [0.25, 0.3) is 0 Å². The molecule has 2 amide bonds. The van der Waals surface area contributed by atoms with Crippen molar-refractivity contribution in [1.29, 1.82) is 0 Å². The monoisotopic (exact) mass is 627 g/mol. The maximum absolute atomic E-state index is 12.7. The number of hydrogen-bond acceptors (Lipinski definition) is 11. The van der Waals surface area contributed by atoms with Crippen molar-refractivity contribution in [3.05, 3.63) is 18.2 Å². The minimum Gasteiger partial charge on any atom is -0.480 e. The topological polar surface area (TPSA) is 231 Å². The van der Waals surface area contributed by atoms with Crippen molar-refractivity contribution in [2.75, 3.05) is 79.0 Å². The first-order chi connectivity index (χ1) is 21.2. The molecule has 44 heavy (non-hydrogen) atoms. The molecule has 0 fully saturated rings. The van der Waals surface area contributed by atoms with E-state index in [9.17, 15) is 24.0 Å². The Morgan fingerprint density at radius 2 is 1.55 bits per heavy atom. The van der Waals surface area contributed by atoms with Gasteiger partial charge in [-0.1, -0.05) is 6.42 Å². The number of ketones is 2. The number of nitrogens with one attached hydrogen (secondary N) is 5. The molecule has 0 saturated carbocycles. The Hall–Kier alpha value is -3.28. The van der Waals surface area contributed by atoms with E-state index in [4.69, 9.17) is 29.8 Å². The van der Waals surface area contributed by atoms with Crippen molar-refractivity contribution in [2.45, 2.75) is 45.1 Å². The quantitative estimate of drug-likeness (QED) is 0.0667. The number of imidazole rings is 1. The fraction of sp³-hybridized carbons (Fsp3) is 0.714. The van der Waals surface area contributed by atoms with Gasteiger partial charge >= 0.3 is 5.97 Å².